The Hall–Kier alpha value is -3.65. The largest absolute Gasteiger partial charge is 0.573 e. The van der Waals surface area contributed by atoms with E-state index >= 15 is 0 Å². The summed E-state index contributed by atoms with van der Waals surface area (Å²) >= 11 is 1.28. The summed E-state index contributed by atoms with van der Waals surface area (Å²) in [6, 6.07) is 3.54. The van der Waals surface area contributed by atoms with Crippen LogP contribution in [0, 0.1) is 11.7 Å². The number of hydrogen-bond acceptors (Lipinski definition) is 9. The molecule has 0 saturated carbocycles. The second-order valence-electron chi connectivity index (χ2n) is 10.5. The Morgan fingerprint density at radius 1 is 1.12 bits per heavy atom. The van der Waals surface area contributed by atoms with Gasteiger partial charge in [0.15, 0.2) is 17.3 Å². The maximum absolute atomic E-state index is 14.1. The van der Waals surface area contributed by atoms with Gasteiger partial charge in [0.25, 0.3) is 0 Å². The second-order valence-corrected chi connectivity index (χ2v) is 11.7. The lowest BCUT2D eigenvalue weighted by molar-refractivity contribution is -0.275. The van der Waals surface area contributed by atoms with Gasteiger partial charge in [0, 0.05) is 36.1 Å². The number of ether oxygens (including phenoxy) is 1. The van der Waals surface area contributed by atoms with Crippen LogP contribution in [0.25, 0.3) is 11.3 Å². The number of halogens is 4. The lowest BCUT2D eigenvalue weighted by Crippen LogP contribution is -2.36. The van der Waals surface area contributed by atoms with Crippen molar-refractivity contribution in [1.82, 2.24) is 19.9 Å². The number of alkyl halides is 3. The fraction of sp³-hybridized carbons (Fsp3) is 0.464. The van der Waals surface area contributed by atoms with Crippen LogP contribution in [0.3, 0.4) is 0 Å². The van der Waals surface area contributed by atoms with E-state index in [0.717, 1.165) is 36.4 Å². The summed E-state index contributed by atoms with van der Waals surface area (Å²) in [6.07, 6.45) is 0.752. The van der Waals surface area contributed by atoms with Gasteiger partial charge in [-0.25, -0.2) is 19.3 Å². The number of anilines is 1. The molecule has 2 aliphatic rings. The van der Waals surface area contributed by atoms with E-state index in [1.807, 2.05) is 4.90 Å². The highest BCUT2D eigenvalue weighted by molar-refractivity contribution is 7.12. The van der Waals surface area contributed by atoms with Crippen molar-refractivity contribution in [3.05, 3.63) is 52.0 Å². The highest BCUT2D eigenvalue weighted by atomic mass is 32.1. The van der Waals surface area contributed by atoms with Crippen LogP contribution in [-0.2, 0) is 17.8 Å². The van der Waals surface area contributed by atoms with Crippen molar-refractivity contribution >= 4 is 28.9 Å². The molecule has 3 aromatic rings. The van der Waals surface area contributed by atoms with E-state index in [0.29, 0.717) is 55.0 Å². The Morgan fingerprint density at radius 3 is 2.50 bits per heavy atom. The molecular formula is C28H29F4N5O4S. The molecule has 0 radical (unpaired) electrons. The summed E-state index contributed by atoms with van der Waals surface area (Å²) < 4.78 is 56.5. The smallest absolute Gasteiger partial charge is 0.481 e. The number of carbonyl (C=O) groups is 2. The lowest BCUT2D eigenvalue weighted by Gasteiger charge is -2.30. The van der Waals surface area contributed by atoms with Crippen molar-refractivity contribution in [2.24, 2.45) is 5.92 Å². The first-order valence-corrected chi connectivity index (χ1v) is 14.4. The van der Waals surface area contributed by atoms with E-state index < -0.39 is 23.9 Å². The molecule has 2 saturated heterocycles. The summed E-state index contributed by atoms with van der Waals surface area (Å²) in [4.78, 5) is 42.5. The number of hydrogen-bond donors (Lipinski definition) is 1. The van der Waals surface area contributed by atoms with Gasteiger partial charge < -0.3 is 14.7 Å². The van der Waals surface area contributed by atoms with E-state index in [9.17, 15) is 32.3 Å². The molecule has 0 unspecified atom stereocenters. The van der Waals surface area contributed by atoms with Crippen molar-refractivity contribution in [2.45, 2.75) is 58.0 Å². The minimum absolute atomic E-state index is 0.0989. The molecule has 9 nitrogen and oxygen atoms in total. The molecule has 0 spiro atoms. The molecular weight excluding hydrogens is 578 g/mol. The summed E-state index contributed by atoms with van der Waals surface area (Å²) in [5.74, 6) is -3.06. The summed E-state index contributed by atoms with van der Waals surface area (Å²) in [5, 5.41) is 9.64. The van der Waals surface area contributed by atoms with Crippen LogP contribution in [0.4, 0.5) is 23.4 Å². The number of carbonyl (C=O) groups excluding carboxylic acids is 1. The summed E-state index contributed by atoms with van der Waals surface area (Å²) in [5.41, 5.74) is 0.761. The van der Waals surface area contributed by atoms with Crippen LogP contribution in [0.5, 0.6) is 5.75 Å². The Kier molecular flexibility index (Phi) is 8.73. The Balaban J connectivity index is 1.35. The molecule has 224 valence electrons. The number of likely N-dealkylation sites (tertiary alicyclic amines) is 1. The molecule has 5 rings (SSSR count). The molecule has 14 heteroatoms. The van der Waals surface area contributed by atoms with E-state index in [2.05, 4.69) is 31.5 Å². The molecule has 0 amide bonds. The van der Waals surface area contributed by atoms with E-state index in [-0.39, 0.29) is 29.4 Å². The first-order chi connectivity index (χ1) is 20.0. The normalized spacial score (nSPS) is 18.4. The number of ketones is 1. The number of thiazole rings is 1. The monoisotopic (exact) mass is 607 g/mol. The van der Waals surface area contributed by atoms with Crippen molar-refractivity contribution < 1.29 is 37.0 Å². The highest BCUT2D eigenvalue weighted by Crippen LogP contribution is 2.36. The number of rotatable bonds is 9. The molecule has 0 aliphatic carbocycles. The van der Waals surface area contributed by atoms with Gasteiger partial charge in [0.1, 0.15) is 16.5 Å². The van der Waals surface area contributed by atoms with Gasteiger partial charge >= 0.3 is 12.3 Å². The molecule has 1 N–H and O–H groups in total. The van der Waals surface area contributed by atoms with Crippen LogP contribution < -0.4 is 9.64 Å². The predicted octanol–water partition coefficient (Wildman–Crippen LogP) is 5.35. The number of aromatic nitrogens is 3. The maximum atomic E-state index is 14.1. The van der Waals surface area contributed by atoms with Crippen molar-refractivity contribution in [1.29, 1.82) is 0 Å². The zero-order valence-corrected chi connectivity index (χ0v) is 23.6. The maximum Gasteiger partial charge on any atom is 0.573 e. The van der Waals surface area contributed by atoms with Gasteiger partial charge in [-0.05, 0) is 57.4 Å². The Bertz CT molecular complexity index is 1440. The van der Waals surface area contributed by atoms with E-state index in [1.54, 1.807) is 0 Å². The van der Waals surface area contributed by atoms with Gasteiger partial charge in [-0.2, -0.15) is 0 Å². The van der Waals surface area contributed by atoms with Gasteiger partial charge in [-0.15, -0.1) is 24.5 Å². The Morgan fingerprint density at radius 2 is 1.88 bits per heavy atom. The molecule has 2 fully saturated rings. The highest BCUT2D eigenvalue weighted by Gasteiger charge is 2.33. The van der Waals surface area contributed by atoms with Gasteiger partial charge in [-0.1, -0.05) is 0 Å². The van der Waals surface area contributed by atoms with Crippen molar-refractivity contribution in [3.8, 4) is 17.0 Å². The van der Waals surface area contributed by atoms with Crippen LogP contribution in [-0.4, -0.2) is 68.7 Å². The topological polar surface area (TPSA) is 109 Å². The number of carboxylic acid groups (broad SMARTS) is 1. The average Bonchev–Trinajstić information content (AvgIpc) is 3.54. The van der Waals surface area contributed by atoms with Crippen molar-refractivity contribution in [3.63, 3.8) is 0 Å². The molecule has 42 heavy (non-hydrogen) atoms. The SMILES string of the molecule is C[C@@H]1CCCN1Cc1sc(CC(=O)c2cnc(N3CCC(C(=O)O)CC3)cn2)nc1-c1ccc(F)c(OC(F)(F)F)c1. The first kappa shape index (κ1) is 29.8. The van der Waals surface area contributed by atoms with Gasteiger partial charge in [0.05, 0.1) is 30.4 Å². The summed E-state index contributed by atoms with van der Waals surface area (Å²) in [6.45, 7) is 4.50. The number of Topliss-reactive ketones (excluding diaryl/α,β-unsaturated/α-hetero) is 1. The zero-order valence-electron chi connectivity index (χ0n) is 22.7. The molecule has 0 bridgehead atoms. The first-order valence-electron chi connectivity index (χ1n) is 13.6. The predicted molar refractivity (Wildman–Crippen MR) is 146 cm³/mol. The standard InChI is InChI=1S/C28H29F4N5O4S/c1-16-3-2-8-37(16)15-23-26(18-4-5-19(29)22(11-18)41-28(30,31)32)35-25(42-23)12-21(38)20-13-34-24(14-33-20)36-9-6-17(7-10-36)27(39)40/h4-5,11,13-14,16-17H,2-3,6-10,12,15H2,1H3,(H,39,40)/t16-/m1/s1. The fourth-order valence-corrected chi connectivity index (χ4v) is 6.40. The fourth-order valence-electron chi connectivity index (χ4n) is 5.29. The minimum Gasteiger partial charge on any atom is -0.481 e. The van der Waals surface area contributed by atoms with Gasteiger partial charge in [0.2, 0.25) is 0 Å². The molecule has 4 heterocycles. The molecule has 1 atom stereocenters. The number of benzene rings is 1. The van der Waals surface area contributed by atoms with Gasteiger partial charge in [-0.3, -0.25) is 14.5 Å². The molecule has 2 aliphatic heterocycles. The zero-order chi connectivity index (χ0) is 30.0. The molecule has 2 aromatic heterocycles. The Labute approximate surface area is 243 Å². The van der Waals surface area contributed by atoms with Crippen molar-refractivity contribution in [2.75, 3.05) is 24.5 Å². The lowest BCUT2D eigenvalue weighted by atomic mass is 9.97. The second kappa shape index (κ2) is 12.3. The average molecular weight is 608 g/mol. The third-order valence-electron chi connectivity index (χ3n) is 7.61. The van der Waals surface area contributed by atoms with Crippen LogP contribution >= 0.6 is 11.3 Å². The quantitative estimate of drug-likeness (QED) is 0.254. The summed E-state index contributed by atoms with van der Waals surface area (Å²) in [7, 11) is 0. The van der Waals surface area contributed by atoms with Crippen LogP contribution in [0.2, 0.25) is 0 Å². The van der Waals surface area contributed by atoms with Crippen LogP contribution in [0.15, 0.2) is 30.6 Å². The number of carboxylic acids is 1. The third-order valence-corrected chi connectivity index (χ3v) is 8.65. The molecule has 1 aromatic carbocycles. The van der Waals surface area contributed by atoms with Crippen LogP contribution in [0.1, 0.15) is 53.0 Å². The van der Waals surface area contributed by atoms with E-state index in [4.69, 9.17) is 0 Å². The van der Waals surface area contributed by atoms with E-state index in [1.165, 1.54) is 29.8 Å². The number of aliphatic carboxylic acids is 1. The number of nitrogens with zero attached hydrogens (tertiary/aromatic N) is 5. The third kappa shape index (κ3) is 7.04. The minimum atomic E-state index is -5.06. The number of piperidine rings is 1.